The van der Waals surface area contributed by atoms with Crippen LogP contribution in [0, 0.1) is 6.92 Å². The number of carbonyl (C=O) groups excluding carboxylic acids is 1. The zero-order valence-corrected chi connectivity index (χ0v) is 7.08. The van der Waals surface area contributed by atoms with Crippen molar-refractivity contribution in [1.82, 2.24) is 0 Å². The molecule has 0 heterocycles. The second kappa shape index (κ2) is 4.02. The minimum atomic E-state index is -0.0767. The number of hydrogen-bond acceptors (Lipinski definition) is 2. The van der Waals surface area contributed by atoms with Crippen molar-refractivity contribution in [3.8, 4) is 0 Å². The summed E-state index contributed by atoms with van der Waals surface area (Å²) in [4.78, 5) is 11.2. The van der Waals surface area contributed by atoms with Crippen LogP contribution in [0.3, 0.4) is 0 Å². The number of carbonyl (C=O) groups is 1. The Kier molecular flexibility index (Phi) is 3.00. The molecule has 2 nitrogen and oxygen atoms in total. The van der Waals surface area contributed by atoms with Crippen LogP contribution in [0.15, 0.2) is 24.3 Å². The highest BCUT2D eigenvalue weighted by Crippen LogP contribution is 2.05. The maximum Gasteiger partial charge on any atom is 0.165 e. The number of ketones is 1. The fraction of sp³-hybridized carbons (Fsp3) is 0.300. The van der Waals surface area contributed by atoms with Crippen molar-refractivity contribution in [1.29, 1.82) is 0 Å². The molecule has 2 heteroatoms. The molecule has 1 N–H and O–H groups in total. The van der Waals surface area contributed by atoms with Crippen LogP contribution in [-0.4, -0.2) is 17.5 Å². The van der Waals surface area contributed by atoms with Crippen LogP contribution in [0.5, 0.6) is 0 Å². The normalized spacial score (nSPS) is 9.83. The van der Waals surface area contributed by atoms with Crippen molar-refractivity contribution in [3.63, 3.8) is 0 Å². The van der Waals surface area contributed by atoms with Gasteiger partial charge in [-0.1, -0.05) is 29.8 Å². The van der Waals surface area contributed by atoms with Crippen molar-refractivity contribution in [2.75, 3.05) is 6.61 Å². The van der Waals surface area contributed by atoms with Gasteiger partial charge < -0.3 is 5.11 Å². The Hall–Kier alpha value is -1.15. The first-order valence-corrected chi connectivity index (χ1v) is 3.95. The van der Waals surface area contributed by atoms with Gasteiger partial charge >= 0.3 is 0 Å². The quantitative estimate of drug-likeness (QED) is 0.688. The van der Waals surface area contributed by atoms with Crippen molar-refractivity contribution in [2.45, 2.75) is 13.3 Å². The van der Waals surface area contributed by atoms with Gasteiger partial charge in [-0.2, -0.15) is 0 Å². The molecule has 0 aromatic heterocycles. The minimum absolute atomic E-state index is 0.00231. The van der Waals surface area contributed by atoms with Crippen molar-refractivity contribution in [3.05, 3.63) is 35.4 Å². The minimum Gasteiger partial charge on any atom is -0.396 e. The Morgan fingerprint density at radius 2 is 1.92 bits per heavy atom. The van der Waals surface area contributed by atoms with Crippen molar-refractivity contribution >= 4 is 5.78 Å². The highest BCUT2D eigenvalue weighted by molar-refractivity contribution is 5.96. The van der Waals surface area contributed by atoms with E-state index in [4.69, 9.17) is 5.11 Å². The Morgan fingerprint density at radius 1 is 1.33 bits per heavy atom. The van der Waals surface area contributed by atoms with Crippen LogP contribution >= 0.6 is 0 Å². The third-order valence-corrected chi connectivity index (χ3v) is 1.71. The molecule has 0 saturated carbocycles. The first kappa shape index (κ1) is 8.94. The highest BCUT2D eigenvalue weighted by Gasteiger charge is 2.02. The molecule has 0 aliphatic rings. The number of Topliss-reactive ketones (excluding diaryl/α,β-unsaturated/α-hetero) is 1. The maximum absolute atomic E-state index is 11.2. The van der Waals surface area contributed by atoms with Crippen molar-refractivity contribution < 1.29 is 9.90 Å². The van der Waals surface area contributed by atoms with E-state index in [0.717, 1.165) is 5.56 Å². The zero-order chi connectivity index (χ0) is 8.97. The summed E-state index contributed by atoms with van der Waals surface area (Å²) in [5.74, 6) is -0.00231. The number of aliphatic hydroxyl groups excluding tert-OH is 1. The topological polar surface area (TPSA) is 37.3 Å². The number of hydrogen-bond donors (Lipinski definition) is 1. The number of aliphatic hydroxyl groups is 1. The van der Waals surface area contributed by atoms with Crippen LogP contribution < -0.4 is 0 Å². The van der Waals surface area contributed by atoms with Crippen LogP contribution in [0.25, 0.3) is 0 Å². The smallest absolute Gasteiger partial charge is 0.165 e. The molecule has 0 aliphatic carbocycles. The molecule has 12 heavy (non-hydrogen) atoms. The summed E-state index contributed by atoms with van der Waals surface area (Å²) < 4.78 is 0. The Labute approximate surface area is 71.8 Å². The first-order chi connectivity index (χ1) is 5.74. The lowest BCUT2D eigenvalue weighted by molar-refractivity contribution is 0.0956. The molecule has 1 aromatic carbocycles. The van der Waals surface area contributed by atoms with Gasteiger partial charge in [0.2, 0.25) is 0 Å². The summed E-state index contributed by atoms with van der Waals surface area (Å²) in [6, 6.07) is 7.36. The number of rotatable bonds is 3. The van der Waals surface area contributed by atoms with E-state index in [9.17, 15) is 4.79 Å². The predicted molar refractivity (Wildman–Crippen MR) is 47.2 cm³/mol. The Balaban J connectivity index is 2.75. The highest BCUT2D eigenvalue weighted by atomic mass is 16.3. The fourth-order valence-electron chi connectivity index (χ4n) is 0.985. The molecule has 0 aliphatic heterocycles. The summed E-state index contributed by atoms with van der Waals surface area (Å²) in [6.07, 6.45) is 0.211. The van der Waals surface area contributed by atoms with Gasteiger partial charge in [-0.25, -0.2) is 0 Å². The van der Waals surface area contributed by atoms with Crippen LogP contribution in [0.4, 0.5) is 0 Å². The summed E-state index contributed by atoms with van der Waals surface area (Å²) in [5.41, 5.74) is 1.81. The van der Waals surface area contributed by atoms with Gasteiger partial charge in [-0.05, 0) is 6.92 Å². The molecular weight excluding hydrogens is 152 g/mol. The van der Waals surface area contributed by atoms with Gasteiger partial charge in [0.05, 0.1) is 6.61 Å². The Morgan fingerprint density at radius 3 is 2.42 bits per heavy atom. The summed E-state index contributed by atoms with van der Waals surface area (Å²) in [5, 5.41) is 8.53. The molecule has 1 aromatic rings. The van der Waals surface area contributed by atoms with Gasteiger partial charge in [0.1, 0.15) is 0 Å². The van der Waals surface area contributed by atoms with Gasteiger partial charge in [0.25, 0.3) is 0 Å². The summed E-state index contributed by atoms with van der Waals surface area (Å²) >= 11 is 0. The number of aryl methyl sites for hydroxylation is 1. The van der Waals surface area contributed by atoms with Gasteiger partial charge in [0, 0.05) is 12.0 Å². The molecule has 0 bridgehead atoms. The third-order valence-electron chi connectivity index (χ3n) is 1.71. The molecule has 0 spiro atoms. The summed E-state index contributed by atoms with van der Waals surface area (Å²) in [7, 11) is 0. The first-order valence-electron chi connectivity index (χ1n) is 3.95. The average molecular weight is 164 g/mol. The molecule has 0 saturated heterocycles. The SMILES string of the molecule is Cc1ccc(C(=O)CCO)cc1. The van der Waals surface area contributed by atoms with Gasteiger partial charge in [-0.15, -0.1) is 0 Å². The van der Waals surface area contributed by atoms with Crippen molar-refractivity contribution in [2.24, 2.45) is 0 Å². The van der Waals surface area contributed by atoms with E-state index < -0.39 is 0 Å². The fourth-order valence-corrected chi connectivity index (χ4v) is 0.985. The summed E-state index contributed by atoms with van der Waals surface area (Å²) in [6.45, 7) is 1.90. The van der Waals surface area contributed by atoms with Crippen LogP contribution in [0.2, 0.25) is 0 Å². The van der Waals surface area contributed by atoms with E-state index in [1.54, 1.807) is 12.1 Å². The largest absolute Gasteiger partial charge is 0.396 e. The second-order valence-corrected chi connectivity index (χ2v) is 2.76. The maximum atomic E-state index is 11.2. The van der Waals surface area contributed by atoms with Gasteiger partial charge in [0.15, 0.2) is 5.78 Å². The van der Waals surface area contributed by atoms with Crippen LogP contribution in [0.1, 0.15) is 22.3 Å². The molecule has 0 fully saturated rings. The molecule has 64 valence electrons. The lowest BCUT2D eigenvalue weighted by Crippen LogP contribution is -2.01. The van der Waals surface area contributed by atoms with Crippen LogP contribution in [-0.2, 0) is 0 Å². The van der Waals surface area contributed by atoms with E-state index in [1.165, 1.54) is 0 Å². The van der Waals surface area contributed by atoms with E-state index in [2.05, 4.69) is 0 Å². The van der Waals surface area contributed by atoms with E-state index >= 15 is 0 Å². The molecule has 0 atom stereocenters. The predicted octanol–water partition coefficient (Wildman–Crippen LogP) is 1.56. The third kappa shape index (κ3) is 2.17. The molecule has 0 radical (unpaired) electrons. The van der Waals surface area contributed by atoms with E-state index in [1.807, 2.05) is 19.1 Å². The Bertz CT molecular complexity index is 262. The monoisotopic (exact) mass is 164 g/mol. The molecular formula is C10H12O2. The average Bonchev–Trinajstić information content (AvgIpc) is 2.06. The zero-order valence-electron chi connectivity index (χ0n) is 7.08. The number of benzene rings is 1. The standard InChI is InChI=1S/C10H12O2/c1-8-2-4-9(5-3-8)10(12)6-7-11/h2-5,11H,6-7H2,1H3. The van der Waals surface area contributed by atoms with E-state index in [-0.39, 0.29) is 18.8 Å². The lowest BCUT2D eigenvalue weighted by atomic mass is 10.1. The molecule has 1 rings (SSSR count). The van der Waals surface area contributed by atoms with Gasteiger partial charge in [-0.3, -0.25) is 4.79 Å². The lowest BCUT2D eigenvalue weighted by Gasteiger charge is -1.98. The van der Waals surface area contributed by atoms with E-state index in [0.29, 0.717) is 5.56 Å². The molecule has 0 unspecified atom stereocenters. The second-order valence-electron chi connectivity index (χ2n) is 2.76. The molecule has 0 amide bonds.